The van der Waals surface area contributed by atoms with Crippen molar-refractivity contribution in [2.24, 2.45) is 0 Å². The highest BCUT2D eigenvalue weighted by atomic mass is 79.9. The molecule has 0 saturated heterocycles. The third kappa shape index (κ3) is 2.28. The zero-order chi connectivity index (χ0) is 10.0. The summed E-state index contributed by atoms with van der Waals surface area (Å²) in [6, 6.07) is 1.78. The van der Waals surface area contributed by atoms with Crippen molar-refractivity contribution in [2.75, 3.05) is 7.11 Å². The van der Waals surface area contributed by atoms with Crippen LogP contribution in [0.25, 0.3) is 0 Å². The largest absolute Gasteiger partial charge is 0.464 e. The van der Waals surface area contributed by atoms with Gasteiger partial charge < -0.3 is 4.74 Å². The lowest BCUT2D eigenvalue weighted by Crippen LogP contribution is -2.07. The molecule has 0 fully saturated rings. The smallest absolute Gasteiger partial charge is 0.357 e. The molecule has 1 heterocycles. The number of pyridine rings is 1. The number of aromatic nitrogens is 1. The quantitative estimate of drug-likeness (QED) is 0.591. The Bertz CT molecular complexity index is 352. The number of ether oxygens (including phenoxy) is 1. The van der Waals surface area contributed by atoms with E-state index in [-0.39, 0.29) is 0 Å². The Morgan fingerprint density at radius 2 is 2.15 bits per heavy atom. The Hall–Kier alpha value is -0.420. The molecule has 0 spiro atoms. The van der Waals surface area contributed by atoms with Gasteiger partial charge in [-0.05, 0) is 34.5 Å². The van der Waals surface area contributed by atoms with E-state index in [2.05, 4.69) is 41.6 Å². The van der Waals surface area contributed by atoms with Crippen LogP contribution in [-0.2, 0) is 4.74 Å². The predicted molar refractivity (Wildman–Crippen MR) is 55.7 cm³/mol. The molecule has 1 aromatic rings. The van der Waals surface area contributed by atoms with Crippen LogP contribution in [0.2, 0.25) is 0 Å². The van der Waals surface area contributed by atoms with E-state index in [9.17, 15) is 4.79 Å². The van der Waals surface area contributed by atoms with E-state index in [4.69, 9.17) is 0 Å². The summed E-state index contributed by atoms with van der Waals surface area (Å²) >= 11 is 6.51. The molecule has 0 aromatic carbocycles. The summed E-state index contributed by atoms with van der Waals surface area (Å²) in [5.41, 5.74) is 1.10. The third-order valence-electron chi connectivity index (χ3n) is 1.56. The molecule has 1 rings (SSSR count). The lowest BCUT2D eigenvalue weighted by Gasteiger charge is -2.04. The minimum Gasteiger partial charge on any atom is -0.464 e. The second-order valence-corrected chi connectivity index (χ2v) is 4.06. The van der Waals surface area contributed by atoms with Crippen LogP contribution in [0.3, 0.4) is 0 Å². The molecule has 0 radical (unpaired) electrons. The number of methoxy groups -OCH3 is 1. The summed E-state index contributed by atoms with van der Waals surface area (Å²) in [6.45, 7) is 1.80. The number of hydrogen-bond donors (Lipinski definition) is 0. The maximum absolute atomic E-state index is 11.2. The molecule has 3 nitrogen and oxygen atoms in total. The standard InChI is InChI=1S/C8H7Br2NO2/c1-4-5(9)3-6(10)11-7(4)8(12)13-2/h3H,1-2H3. The fourth-order valence-corrected chi connectivity index (χ4v) is 1.96. The van der Waals surface area contributed by atoms with Crippen molar-refractivity contribution in [3.63, 3.8) is 0 Å². The minimum absolute atomic E-state index is 0.323. The van der Waals surface area contributed by atoms with Gasteiger partial charge in [-0.1, -0.05) is 15.9 Å². The molecule has 0 atom stereocenters. The van der Waals surface area contributed by atoms with Gasteiger partial charge in [0.2, 0.25) is 0 Å². The Kier molecular flexibility index (Phi) is 3.44. The zero-order valence-electron chi connectivity index (χ0n) is 7.10. The lowest BCUT2D eigenvalue weighted by molar-refractivity contribution is 0.0593. The molecule has 13 heavy (non-hydrogen) atoms. The van der Waals surface area contributed by atoms with Crippen molar-refractivity contribution < 1.29 is 9.53 Å². The van der Waals surface area contributed by atoms with Crippen molar-refractivity contribution >= 4 is 37.8 Å². The van der Waals surface area contributed by atoms with Gasteiger partial charge in [0.05, 0.1) is 7.11 Å². The minimum atomic E-state index is -0.431. The van der Waals surface area contributed by atoms with Gasteiger partial charge in [-0.2, -0.15) is 0 Å². The number of rotatable bonds is 1. The Morgan fingerprint density at radius 1 is 1.54 bits per heavy atom. The molecule has 0 aliphatic rings. The molecular formula is C8H7Br2NO2. The number of halogens is 2. The van der Waals surface area contributed by atoms with Crippen LogP contribution < -0.4 is 0 Å². The van der Waals surface area contributed by atoms with Gasteiger partial charge in [0.1, 0.15) is 4.60 Å². The zero-order valence-corrected chi connectivity index (χ0v) is 10.3. The van der Waals surface area contributed by atoms with Crippen LogP contribution >= 0.6 is 31.9 Å². The molecule has 1 aromatic heterocycles. The molecule has 0 saturated carbocycles. The summed E-state index contributed by atoms with van der Waals surface area (Å²) in [5.74, 6) is -0.431. The summed E-state index contributed by atoms with van der Waals surface area (Å²) in [5, 5.41) is 0. The van der Waals surface area contributed by atoms with Crippen LogP contribution in [0.15, 0.2) is 15.1 Å². The number of carbonyl (C=O) groups is 1. The van der Waals surface area contributed by atoms with Crippen molar-refractivity contribution in [2.45, 2.75) is 6.92 Å². The van der Waals surface area contributed by atoms with E-state index in [1.54, 1.807) is 13.0 Å². The van der Waals surface area contributed by atoms with E-state index in [1.165, 1.54) is 7.11 Å². The van der Waals surface area contributed by atoms with Crippen LogP contribution in [0.4, 0.5) is 0 Å². The number of nitrogens with zero attached hydrogens (tertiary/aromatic N) is 1. The van der Waals surface area contributed by atoms with E-state index >= 15 is 0 Å². The molecule has 0 bridgehead atoms. The topological polar surface area (TPSA) is 39.2 Å². The van der Waals surface area contributed by atoms with Gasteiger partial charge in [0.25, 0.3) is 0 Å². The van der Waals surface area contributed by atoms with Crippen LogP contribution in [0.5, 0.6) is 0 Å². The van der Waals surface area contributed by atoms with Crippen molar-refractivity contribution in [3.8, 4) is 0 Å². The average Bonchev–Trinajstić information content (AvgIpc) is 2.10. The molecule has 70 valence electrons. The number of esters is 1. The second kappa shape index (κ2) is 4.19. The molecule has 0 aliphatic carbocycles. The fraction of sp³-hybridized carbons (Fsp3) is 0.250. The third-order valence-corrected chi connectivity index (χ3v) is 2.79. The Morgan fingerprint density at radius 3 is 2.69 bits per heavy atom. The van der Waals surface area contributed by atoms with Crippen molar-refractivity contribution in [1.29, 1.82) is 0 Å². The normalized spacial score (nSPS) is 9.85. The maximum Gasteiger partial charge on any atom is 0.357 e. The highest BCUT2D eigenvalue weighted by Crippen LogP contribution is 2.22. The first-order valence-corrected chi connectivity index (χ1v) is 5.06. The molecule has 5 heteroatoms. The van der Waals surface area contributed by atoms with E-state index in [1.807, 2.05) is 0 Å². The first-order valence-electron chi connectivity index (χ1n) is 3.47. The summed E-state index contributed by atoms with van der Waals surface area (Å²) in [4.78, 5) is 15.2. The fourth-order valence-electron chi connectivity index (χ4n) is 0.844. The molecule has 0 unspecified atom stereocenters. The van der Waals surface area contributed by atoms with E-state index in [0.29, 0.717) is 10.3 Å². The Balaban J connectivity index is 3.28. The van der Waals surface area contributed by atoms with Gasteiger partial charge in [0, 0.05) is 4.47 Å². The van der Waals surface area contributed by atoms with E-state index in [0.717, 1.165) is 10.0 Å². The molecule has 0 amide bonds. The lowest BCUT2D eigenvalue weighted by atomic mass is 10.2. The van der Waals surface area contributed by atoms with Gasteiger partial charge in [0.15, 0.2) is 5.69 Å². The summed E-state index contributed by atoms with van der Waals surface area (Å²) in [6.07, 6.45) is 0. The Labute approximate surface area is 92.8 Å². The molecule has 0 aliphatic heterocycles. The van der Waals surface area contributed by atoms with Crippen LogP contribution in [0.1, 0.15) is 16.1 Å². The molecule has 0 N–H and O–H groups in total. The monoisotopic (exact) mass is 307 g/mol. The first-order chi connectivity index (χ1) is 6.06. The predicted octanol–water partition coefficient (Wildman–Crippen LogP) is 2.70. The average molecular weight is 309 g/mol. The number of carbonyl (C=O) groups excluding carboxylic acids is 1. The van der Waals surface area contributed by atoms with Gasteiger partial charge in [-0.3, -0.25) is 0 Å². The highest BCUT2D eigenvalue weighted by Gasteiger charge is 2.14. The maximum atomic E-state index is 11.2. The van der Waals surface area contributed by atoms with Crippen LogP contribution in [0, 0.1) is 6.92 Å². The van der Waals surface area contributed by atoms with Crippen molar-refractivity contribution in [1.82, 2.24) is 4.98 Å². The van der Waals surface area contributed by atoms with Crippen LogP contribution in [-0.4, -0.2) is 18.1 Å². The molecular weight excluding hydrogens is 302 g/mol. The number of hydrogen-bond acceptors (Lipinski definition) is 3. The highest BCUT2D eigenvalue weighted by molar-refractivity contribution is 9.11. The van der Waals surface area contributed by atoms with E-state index < -0.39 is 5.97 Å². The van der Waals surface area contributed by atoms with Gasteiger partial charge >= 0.3 is 5.97 Å². The second-order valence-electron chi connectivity index (χ2n) is 2.39. The first kappa shape index (κ1) is 10.7. The summed E-state index contributed by atoms with van der Waals surface area (Å²) < 4.78 is 6.01. The SMILES string of the molecule is COC(=O)c1nc(Br)cc(Br)c1C. The van der Waals surface area contributed by atoms with Gasteiger partial charge in [-0.25, -0.2) is 9.78 Å². The summed E-state index contributed by atoms with van der Waals surface area (Å²) in [7, 11) is 1.33. The van der Waals surface area contributed by atoms with Crippen molar-refractivity contribution in [3.05, 3.63) is 26.4 Å². The van der Waals surface area contributed by atoms with Gasteiger partial charge in [-0.15, -0.1) is 0 Å².